The maximum Gasteiger partial charge on any atom is 0.226 e. The number of methoxy groups -OCH3 is 2. The molecule has 0 spiro atoms. The van der Waals surface area contributed by atoms with Crippen molar-refractivity contribution in [3.63, 3.8) is 0 Å². The van der Waals surface area contributed by atoms with E-state index in [-0.39, 0.29) is 12.0 Å². The van der Waals surface area contributed by atoms with E-state index in [2.05, 4.69) is 23.1 Å². The number of ether oxygens (including phenoxy) is 2. The maximum atomic E-state index is 12.9. The zero-order valence-corrected chi connectivity index (χ0v) is 14.0. The lowest BCUT2D eigenvalue weighted by Gasteiger charge is -2.30. The van der Waals surface area contributed by atoms with Crippen molar-refractivity contribution in [1.29, 1.82) is 0 Å². The minimum Gasteiger partial charge on any atom is -0.493 e. The number of nitrogens with zero attached hydrogens (tertiary/aromatic N) is 1. The Morgan fingerprint density at radius 1 is 1.13 bits per heavy atom. The fourth-order valence-electron chi connectivity index (χ4n) is 3.69. The third-order valence-electron chi connectivity index (χ3n) is 4.95. The van der Waals surface area contributed by atoms with Crippen LogP contribution in [0.2, 0.25) is 0 Å². The summed E-state index contributed by atoms with van der Waals surface area (Å²) in [6, 6.07) is 6.15. The molecule has 4 heteroatoms. The van der Waals surface area contributed by atoms with Gasteiger partial charge in [-0.25, -0.2) is 0 Å². The normalized spacial score (nSPS) is 23.8. The molecular formula is C19H25NO3. The van der Waals surface area contributed by atoms with E-state index < -0.39 is 0 Å². The van der Waals surface area contributed by atoms with Crippen LogP contribution in [-0.2, 0) is 4.79 Å². The summed E-state index contributed by atoms with van der Waals surface area (Å²) in [5.74, 6) is 1.92. The zero-order valence-electron chi connectivity index (χ0n) is 14.0. The van der Waals surface area contributed by atoms with Crippen LogP contribution in [-0.4, -0.2) is 31.6 Å². The lowest BCUT2D eigenvalue weighted by molar-refractivity contribution is -0.136. The lowest BCUT2D eigenvalue weighted by atomic mass is 9.92. The first-order valence-electron chi connectivity index (χ1n) is 8.42. The molecule has 1 saturated heterocycles. The molecule has 1 aromatic rings. The number of hydrogen-bond acceptors (Lipinski definition) is 3. The van der Waals surface area contributed by atoms with Gasteiger partial charge in [0.15, 0.2) is 11.5 Å². The molecule has 1 fully saturated rings. The summed E-state index contributed by atoms with van der Waals surface area (Å²) in [6.07, 6.45) is 9.29. The second-order valence-electron chi connectivity index (χ2n) is 6.29. The van der Waals surface area contributed by atoms with Crippen LogP contribution in [0.3, 0.4) is 0 Å². The molecule has 0 aromatic heterocycles. The van der Waals surface area contributed by atoms with E-state index >= 15 is 0 Å². The smallest absolute Gasteiger partial charge is 0.226 e. The highest BCUT2D eigenvalue weighted by molar-refractivity contribution is 5.80. The Balaban J connectivity index is 1.81. The average molecular weight is 315 g/mol. The van der Waals surface area contributed by atoms with Crippen LogP contribution in [0.4, 0.5) is 0 Å². The molecule has 1 aliphatic heterocycles. The quantitative estimate of drug-likeness (QED) is 0.795. The standard InChI is InChI=1S/C19H25NO3/c1-22-17-11-10-15(13-18(17)23-2)16-9-6-12-20(16)19(21)14-7-4-3-5-8-14/h3-4,10-11,13-14,16H,5-9,12H2,1-2H3. The second-order valence-corrected chi connectivity index (χ2v) is 6.29. The first kappa shape index (κ1) is 15.9. The van der Waals surface area contributed by atoms with Gasteiger partial charge < -0.3 is 14.4 Å². The SMILES string of the molecule is COc1ccc(C2CCCN2C(=O)C2CC=CCC2)cc1OC. The first-order valence-corrected chi connectivity index (χ1v) is 8.42. The predicted octanol–water partition coefficient (Wildman–Crippen LogP) is 3.72. The molecule has 0 bridgehead atoms. The van der Waals surface area contributed by atoms with Crippen molar-refractivity contribution in [3.8, 4) is 11.5 Å². The van der Waals surface area contributed by atoms with Crippen LogP contribution in [0.1, 0.15) is 43.7 Å². The predicted molar refractivity (Wildman–Crippen MR) is 89.7 cm³/mol. The number of rotatable bonds is 4. The van der Waals surface area contributed by atoms with E-state index in [0.29, 0.717) is 5.91 Å². The summed E-state index contributed by atoms with van der Waals surface area (Å²) in [5.41, 5.74) is 1.14. The number of carbonyl (C=O) groups is 1. The highest BCUT2D eigenvalue weighted by Crippen LogP contribution is 2.38. The van der Waals surface area contributed by atoms with Gasteiger partial charge in [0, 0.05) is 12.5 Å². The number of benzene rings is 1. The monoisotopic (exact) mass is 315 g/mol. The summed E-state index contributed by atoms with van der Waals surface area (Å²) in [4.78, 5) is 15.0. The highest BCUT2D eigenvalue weighted by atomic mass is 16.5. The van der Waals surface area contributed by atoms with Crippen molar-refractivity contribution < 1.29 is 14.3 Å². The van der Waals surface area contributed by atoms with Gasteiger partial charge in [0.05, 0.1) is 20.3 Å². The van der Waals surface area contributed by atoms with E-state index in [0.717, 1.165) is 55.7 Å². The molecule has 1 amide bonds. The van der Waals surface area contributed by atoms with Crippen molar-refractivity contribution in [3.05, 3.63) is 35.9 Å². The molecule has 2 aliphatic rings. The third-order valence-corrected chi connectivity index (χ3v) is 4.95. The molecule has 1 aliphatic carbocycles. The summed E-state index contributed by atoms with van der Waals surface area (Å²) in [7, 11) is 3.28. The van der Waals surface area contributed by atoms with Gasteiger partial charge in [-0.3, -0.25) is 4.79 Å². The molecule has 3 rings (SSSR count). The molecule has 2 atom stereocenters. The van der Waals surface area contributed by atoms with Gasteiger partial charge in [-0.2, -0.15) is 0 Å². The first-order chi connectivity index (χ1) is 11.2. The van der Waals surface area contributed by atoms with Crippen molar-refractivity contribution in [2.75, 3.05) is 20.8 Å². The minimum atomic E-state index is 0.153. The van der Waals surface area contributed by atoms with Crippen LogP contribution >= 0.6 is 0 Å². The van der Waals surface area contributed by atoms with Gasteiger partial charge >= 0.3 is 0 Å². The molecule has 1 heterocycles. The Bertz CT molecular complexity index is 596. The highest BCUT2D eigenvalue weighted by Gasteiger charge is 2.34. The van der Waals surface area contributed by atoms with Gasteiger partial charge in [0.25, 0.3) is 0 Å². The van der Waals surface area contributed by atoms with Gasteiger partial charge in [0.1, 0.15) is 0 Å². The molecule has 4 nitrogen and oxygen atoms in total. The van der Waals surface area contributed by atoms with Crippen molar-refractivity contribution in [2.45, 2.75) is 38.1 Å². The van der Waals surface area contributed by atoms with Crippen molar-refractivity contribution >= 4 is 5.91 Å². The molecule has 2 unspecified atom stereocenters. The van der Waals surface area contributed by atoms with E-state index in [1.54, 1.807) is 14.2 Å². The largest absolute Gasteiger partial charge is 0.493 e. The number of carbonyl (C=O) groups excluding carboxylic acids is 1. The topological polar surface area (TPSA) is 38.8 Å². The molecule has 0 N–H and O–H groups in total. The lowest BCUT2D eigenvalue weighted by Crippen LogP contribution is -2.36. The van der Waals surface area contributed by atoms with Crippen molar-refractivity contribution in [1.82, 2.24) is 4.90 Å². The molecular weight excluding hydrogens is 290 g/mol. The maximum absolute atomic E-state index is 12.9. The van der Waals surface area contributed by atoms with E-state index in [4.69, 9.17) is 9.47 Å². The van der Waals surface area contributed by atoms with Crippen LogP contribution in [0.5, 0.6) is 11.5 Å². The fraction of sp³-hybridized carbons (Fsp3) is 0.526. The van der Waals surface area contributed by atoms with Crippen LogP contribution < -0.4 is 9.47 Å². The number of hydrogen-bond donors (Lipinski definition) is 0. The Labute approximate surface area is 138 Å². The molecule has 1 aromatic carbocycles. The molecule has 23 heavy (non-hydrogen) atoms. The number of amides is 1. The van der Waals surface area contributed by atoms with Gasteiger partial charge in [-0.05, 0) is 49.8 Å². The number of likely N-dealkylation sites (tertiary alicyclic amines) is 1. The summed E-state index contributed by atoms with van der Waals surface area (Å²) < 4.78 is 10.7. The fourth-order valence-corrected chi connectivity index (χ4v) is 3.69. The Morgan fingerprint density at radius 3 is 2.65 bits per heavy atom. The van der Waals surface area contributed by atoms with Gasteiger partial charge in [-0.1, -0.05) is 18.2 Å². The molecule has 124 valence electrons. The Morgan fingerprint density at radius 2 is 1.96 bits per heavy atom. The third kappa shape index (κ3) is 3.21. The van der Waals surface area contributed by atoms with Crippen LogP contribution in [0.15, 0.2) is 30.4 Å². The Kier molecular flexibility index (Phi) is 4.89. The van der Waals surface area contributed by atoms with E-state index in [9.17, 15) is 4.79 Å². The van der Waals surface area contributed by atoms with Crippen LogP contribution in [0.25, 0.3) is 0 Å². The number of allylic oxidation sites excluding steroid dienone is 2. The summed E-state index contributed by atoms with van der Waals surface area (Å²) in [5, 5.41) is 0. The van der Waals surface area contributed by atoms with E-state index in [1.807, 2.05) is 12.1 Å². The molecule has 0 radical (unpaired) electrons. The average Bonchev–Trinajstić information content (AvgIpc) is 3.10. The summed E-state index contributed by atoms with van der Waals surface area (Å²) >= 11 is 0. The van der Waals surface area contributed by atoms with Gasteiger partial charge in [-0.15, -0.1) is 0 Å². The minimum absolute atomic E-state index is 0.153. The van der Waals surface area contributed by atoms with E-state index in [1.165, 1.54) is 0 Å². The zero-order chi connectivity index (χ0) is 16.2. The Hall–Kier alpha value is -1.97. The van der Waals surface area contributed by atoms with Crippen molar-refractivity contribution in [2.24, 2.45) is 5.92 Å². The van der Waals surface area contributed by atoms with Crippen LogP contribution in [0, 0.1) is 5.92 Å². The molecule has 0 saturated carbocycles. The summed E-state index contributed by atoms with van der Waals surface area (Å²) in [6.45, 7) is 0.859. The second kappa shape index (κ2) is 7.07. The van der Waals surface area contributed by atoms with Gasteiger partial charge in [0.2, 0.25) is 5.91 Å².